The number of likely N-dealkylation sites (N-methyl/N-ethyl adjacent to an activating group) is 1. The second-order valence-corrected chi connectivity index (χ2v) is 4.69. The van der Waals surface area contributed by atoms with Gasteiger partial charge >= 0.3 is 0 Å². The van der Waals surface area contributed by atoms with E-state index in [4.69, 9.17) is 0 Å². The third-order valence-electron chi connectivity index (χ3n) is 3.77. The van der Waals surface area contributed by atoms with Gasteiger partial charge in [-0.05, 0) is 30.2 Å². The van der Waals surface area contributed by atoms with E-state index < -0.39 is 0 Å². The van der Waals surface area contributed by atoms with Crippen LogP contribution >= 0.6 is 0 Å². The molecule has 2 atom stereocenters. The SMILES string of the molecule is CNC(c1ccccc1)C1Cc2ccccc21. The molecular formula is C16H17N. The smallest absolute Gasteiger partial charge is 0.0390 e. The van der Waals surface area contributed by atoms with E-state index >= 15 is 0 Å². The molecule has 17 heavy (non-hydrogen) atoms. The predicted molar refractivity (Wildman–Crippen MR) is 71.1 cm³/mol. The highest BCUT2D eigenvalue weighted by molar-refractivity contribution is 5.43. The van der Waals surface area contributed by atoms with E-state index in [1.165, 1.54) is 23.1 Å². The predicted octanol–water partition coefficient (Wildman–Crippen LogP) is 3.29. The molecule has 1 nitrogen and oxygen atoms in total. The summed E-state index contributed by atoms with van der Waals surface area (Å²) in [6.45, 7) is 0. The van der Waals surface area contributed by atoms with Crippen LogP contribution in [0.3, 0.4) is 0 Å². The van der Waals surface area contributed by atoms with Crippen LogP contribution in [0.2, 0.25) is 0 Å². The van der Waals surface area contributed by atoms with E-state index in [0.29, 0.717) is 12.0 Å². The van der Waals surface area contributed by atoms with Crippen molar-refractivity contribution in [2.24, 2.45) is 0 Å². The first-order valence-electron chi connectivity index (χ1n) is 6.20. The minimum atomic E-state index is 0.436. The van der Waals surface area contributed by atoms with Crippen LogP contribution in [0.5, 0.6) is 0 Å². The fraction of sp³-hybridized carbons (Fsp3) is 0.250. The molecular weight excluding hydrogens is 206 g/mol. The summed E-state index contributed by atoms with van der Waals surface area (Å²) in [5.41, 5.74) is 4.40. The lowest BCUT2D eigenvalue weighted by atomic mass is 9.72. The van der Waals surface area contributed by atoms with Crippen LogP contribution in [0.4, 0.5) is 0 Å². The van der Waals surface area contributed by atoms with E-state index in [1.807, 2.05) is 0 Å². The van der Waals surface area contributed by atoms with Crippen molar-refractivity contribution in [2.75, 3.05) is 7.05 Å². The average molecular weight is 223 g/mol. The Morgan fingerprint density at radius 1 is 1.00 bits per heavy atom. The highest BCUT2D eigenvalue weighted by atomic mass is 14.9. The summed E-state index contributed by atoms with van der Waals surface area (Å²) in [6.07, 6.45) is 1.19. The fourth-order valence-corrected chi connectivity index (χ4v) is 2.86. The molecule has 0 heterocycles. The molecule has 86 valence electrons. The Hall–Kier alpha value is -1.60. The summed E-state index contributed by atoms with van der Waals surface area (Å²) in [7, 11) is 2.05. The first kappa shape index (κ1) is 10.5. The quantitative estimate of drug-likeness (QED) is 0.842. The molecule has 0 bridgehead atoms. The number of rotatable bonds is 3. The lowest BCUT2D eigenvalue weighted by Gasteiger charge is -2.36. The summed E-state index contributed by atoms with van der Waals surface area (Å²) in [4.78, 5) is 0. The molecule has 2 aromatic rings. The minimum Gasteiger partial charge on any atom is -0.312 e. The van der Waals surface area contributed by atoms with Gasteiger partial charge in [0.1, 0.15) is 0 Å². The van der Waals surface area contributed by atoms with Crippen LogP contribution in [-0.2, 0) is 6.42 Å². The number of hydrogen-bond donors (Lipinski definition) is 1. The molecule has 0 amide bonds. The number of hydrogen-bond acceptors (Lipinski definition) is 1. The van der Waals surface area contributed by atoms with E-state index in [-0.39, 0.29) is 0 Å². The van der Waals surface area contributed by atoms with Gasteiger partial charge in [-0.2, -0.15) is 0 Å². The summed E-state index contributed by atoms with van der Waals surface area (Å²) in [5, 5.41) is 3.46. The topological polar surface area (TPSA) is 12.0 Å². The van der Waals surface area contributed by atoms with Gasteiger partial charge in [-0.3, -0.25) is 0 Å². The van der Waals surface area contributed by atoms with Crippen LogP contribution < -0.4 is 5.32 Å². The summed E-state index contributed by atoms with van der Waals surface area (Å²) >= 11 is 0. The zero-order chi connectivity index (χ0) is 11.7. The summed E-state index contributed by atoms with van der Waals surface area (Å²) in [6, 6.07) is 19.9. The molecule has 0 spiro atoms. The zero-order valence-corrected chi connectivity index (χ0v) is 10.1. The molecule has 1 aliphatic carbocycles. The molecule has 1 heteroatoms. The summed E-state index contributed by atoms with van der Waals surface area (Å²) in [5.74, 6) is 0.624. The third-order valence-corrected chi connectivity index (χ3v) is 3.77. The number of nitrogens with one attached hydrogen (secondary N) is 1. The van der Waals surface area contributed by atoms with Crippen LogP contribution in [0.25, 0.3) is 0 Å². The number of fused-ring (bicyclic) bond motifs is 1. The molecule has 0 aromatic heterocycles. The second-order valence-electron chi connectivity index (χ2n) is 4.69. The Morgan fingerprint density at radius 3 is 2.41 bits per heavy atom. The monoisotopic (exact) mass is 223 g/mol. The third kappa shape index (κ3) is 1.77. The van der Waals surface area contributed by atoms with Crippen LogP contribution in [0.1, 0.15) is 28.7 Å². The Balaban J connectivity index is 1.90. The zero-order valence-electron chi connectivity index (χ0n) is 10.1. The molecule has 0 radical (unpaired) electrons. The average Bonchev–Trinajstić information content (AvgIpc) is 2.37. The van der Waals surface area contributed by atoms with Crippen molar-refractivity contribution in [1.82, 2.24) is 5.32 Å². The molecule has 0 saturated heterocycles. The van der Waals surface area contributed by atoms with Crippen LogP contribution in [-0.4, -0.2) is 7.05 Å². The van der Waals surface area contributed by atoms with E-state index in [9.17, 15) is 0 Å². The van der Waals surface area contributed by atoms with E-state index in [1.54, 1.807) is 0 Å². The lowest BCUT2D eigenvalue weighted by Crippen LogP contribution is -2.31. The van der Waals surface area contributed by atoms with Gasteiger partial charge in [-0.1, -0.05) is 54.6 Å². The molecule has 3 rings (SSSR count). The van der Waals surface area contributed by atoms with Crippen molar-refractivity contribution in [1.29, 1.82) is 0 Å². The van der Waals surface area contributed by atoms with E-state index in [2.05, 4.69) is 67.0 Å². The van der Waals surface area contributed by atoms with Gasteiger partial charge in [0.25, 0.3) is 0 Å². The van der Waals surface area contributed by atoms with Crippen LogP contribution in [0.15, 0.2) is 54.6 Å². The van der Waals surface area contributed by atoms with Gasteiger partial charge in [-0.25, -0.2) is 0 Å². The molecule has 0 aliphatic heterocycles. The molecule has 0 saturated carbocycles. The molecule has 1 N–H and O–H groups in total. The van der Waals surface area contributed by atoms with Crippen molar-refractivity contribution in [3.05, 3.63) is 71.3 Å². The maximum atomic E-state index is 3.46. The molecule has 1 aliphatic rings. The Labute approximate surface area is 102 Å². The first-order chi connectivity index (χ1) is 8.40. The van der Waals surface area contributed by atoms with Gasteiger partial charge in [0.05, 0.1) is 0 Å². The Morgan fingerprint density at radius 2 is 1.71 bits per heavy atom. The first-order valence-corrected chi connectivity index (χ1v) is 6.20. The lowest BCUT2D eigenvalue weighted by molar-refractivity contribution is 0.439. The highest BCUT2D eigenvalue weighted by Crippen LogP contribution is 2.43. The van der Waals surface area contributed by atoms with E-state index in [0.717, 1.165) is 0 Å². The van der Waals surface area contributed by atoms with Crippen molar-refractivity contribution in [3.8, 4) is 0 Å². The van der Waals surface area contributed by atoms with Gasteiger partial charge in [-0.15, -0.1) is 0 Å². The van der Waals surface area contributed by atoms with Gasteiger partial charge < -0.3 is 5.32 Å². The Bertz CT molecular complexity index is 504. The van der Waals surface area contributed by atoms with Crippen LogP contribution in [0, 0.1) is 0 Å². The van der Waals surface area contributed by atoms with Gasteiger partial charge in [0.15, 0.2) is 0 Å². The van der Waals surface area contributed by atoms with Crippen molar-refractivity contribution >= 4 is 0 Å². The maximum absolute atomic E-state index is 3.46. The van der Waals surface area contributed by atoms with Crippen molar-refractivity contribution < 1.29 is 0 Å². The molecule has 2 aromatic carbocycles. The standard InChI is InChI=1S/C16H17N/c1-17-16(12-7-3-2-4-8-12)15-11-13-9-5-6-10-14(13)15/h2-10,15-17H,11H2,1H3. The van der Waals surface area contributed by atoms with Gasteiger partial charge in [0, 0.05) is 12.0 Å². The minimum absolute atomic E-state index is 0.436. The molecule has 2 unspecified atom stereocenters. The van der Waals surface area contributed by atoms with Crippen molar-refractivity contribution in [3.63, 3.8) is 0 Å². The summed E-state index contributed by atoms with van der Waals surface area (Å²) < 4.78 is 0. The van der Waals surface area contributed by atoms with Crippen molar-refractivity contribution in [2.45, 2.75) is 18.4 Å². The largest absolute Gasteiger partial charge is 0.312 e. The maximum Gasteiger partial charge on any atom is 0.0390 e. The number of benzene rings is 2. The molecule has 0 fully saturated rings. The van der Waals surface area contributed by atoms with Gasteiger partial charge in [0.2, 0.25) is 0 Å². The highest BCUT2D eigenvalue weighted by Gasteiger charge is 2.32. The normalized spacial score (nSPS) is 19.2. The fourth-order valence-electron chi connectivity index (χ4n) is 2.86. The second kappa shape index (κ2) is 4.34. The Kier molecular flexibility index (Phi) is 2.69.